The van der Waals surface area contributed by atoms with E-state index >= 15 is 0 Å². The van der Waals surface area contributed by atoms with Crippen LogP contribution in [0, 0.1) is 0 Å². The lowest BCUT2D eigenvalue weighted by Gasteiger charge is -2.19. The van der Waals surface area contributed by atoms with Crippen LogP contribution in [0.3, 0.4) is 0 Å². The van der Waals surface area contributed by atoms with Gasteiger partial charge >= 0.3 is 0 Å². The molecule has 18 heteroatoms. The molecule has 0 bridgehead atoms. The highest BCUT2D eigenvalue weighted by atomic mass is 16.6. The molecule has 0 radical (unpaired) electrons. The first-order valence-corrected chi connectivity index (χ1v) is 17.5. The molecule has 0 aromatic heterocycles. The van der Waals surface area contributed by atoms with E-state index in [0.29, 0.717) is 176 Å². The maximum Gasteiger partial charge on any atom is 0.216 e. The van der Waals surface area contributed by atoms with Gasteiger partial charge in [-0.15, -0.1) is 0 Å². The van der Waals surface area contributed by atoms with Crippen molar-refractivity contribution >= 4 is 11.8 Å². The Morgan fingerprint density at radius 1 is 0.569 bits per heavy atom. The summed E-state index contributed by atoms with van der Waals surface area (Å²) in [6, 6.07) is 0. The first kappa shape index (κ1) is 48.6. The Balaban J connectivity index is 3.43. The van der Waals surface area contributed by atoms with Crippen LogP contribution >= 0.6 is 0 Å². The number of allylic oxidation sites excluding steroid dienone is 1. The summed E-state index contributed by atoms with van der Waals surface area (Å²) in [6.07, 6.45) is 1.70. The number of likely N-dealkylation sites (N-methyl/N-ethyl adjacent to an activating group) is 1. The zero-order valence-electron chi connectivity index (χ0n) is 31.2. The van der Waals surface area contributed by atoms with E-state index in [1.165, 1.54) is 11.9 Å². The molecule has 0 aliphatic heterocycles. The highest BCUT2D eigenvalue weighted by Crippen LogP contribution is 1.94. The molecule has 0 fully saturated rings. The Hall–Kier alpha value is -2.42. The van der Waals surface area contributed by atoms with E-state index in [2.05, 4.69) is 10.6 Å². The summed E-state index contributed by atoms with van der Waals surface area (Å²) in [4.78, 5) is 23.1. The van der Waals surface area contributed by atoms with Crippen molar-refractivity contribution in [3.8, 4) is 0 Å². The fourth-order valence-electron chi connectivity index (χ4n) is 3.71. The molecule has 0 atom stereocenters. The maximum atomic E-state index is 10.7. The van der Waals surface area contributed by atoms with Crippen molar-refractivity contribution in [2.75, 3.05) is 172 Å². The van der Waals surface area contributed by atoms with Gasteiger partial charge in [0.25, 0.3) is 0 Å². The van der Waals surface area contributed by atoms with Gasteiger partial charge < -0.3 is 68.7 Å². The molecule has 0 saturated carbocycles. The second kappa shape index (κ2) is 38.8. The first-order chi connectivity index (χ1) is 24.8. The van der Waals surface area contributed by atoms with E-state index in [1.807, 2.05) is 11.9 Å². The fraction of sp³-hybridized carbons (Fsp3) is 0.848. The van der Waals surface area contributed by atoms with E-state index < -0.39 is 0 Å². The van der Waals surface area contributed by atoms with Crippen molar-refractivity contribution in [2.24, 2.45) is 11.6 Å². The molecule has 0 spiro atoms. The summed E-state index contributed by atoms with van der Waals surface area (Å²) in [7, 11) is 1.96. The van der Waals surface area contributed by atoms with Gasteiger partial charge in [-0.1, -0.05) is 0 Å². The zero-order chi connectivity index (χ0) is 37.5. The first-order valence-electron chi connectivity index (χ1n) is 17.5. The molecule has 0 saturated heterocycles. The van der Waals surface area contributed by atoms with Crippen LogP contribution in [-0.2, 0) is 57.0 Å². The lowest BCUT2D eigenvalue weighted by molar-refractivity contribution is -0.119. The number of nitrogens with one attached hydrogen (secondary N) is 2. The zero-order valence-corrected chi connectivity index (χ0v) is 31.2. The molecule has 0 aliphatic carbocycles. The van der Waals surface area contributed by atoms with Crippen LogP contribution < -0.4 is 22.2 Å². The number of rotatable bonds is 40. The number of ether oxygens (including phenoxy) is 10. The number of carbonyl (C=O) groups is 1. The molecule has 18 nitrogen and oxygen atoms in total. The Bertz CT molecular complexity index is 870. The molecule has 6 N–H and O–H groups in total. The quantitative estimate of drug-likeness (QED) is 0.0245. The molecule has 0 aliphatic rings. The normalized spacial score (nSPS) is 11.6. The number of hydrogen-bond donors (Lipinski definition) is 4. The van der Waals surface area contributed by atoms with E-state index in [1.54, 1.807) is 19.1 Å². The van der Waals surface area contributed by atoms with Gasteiger partial charge in [0.15, 0.2) is 0 Å². The van der Waals surface area contributed by atoms with Crippen molar-refractivity contribution in [1.82, 2.24) is 20.5 Å². The van der Waals surface area contributed by atoms with Crippen LogP contribution in [0.25, 0.3) is 0 Å². The number of hydrogen-bond acceptors (Lipinski definition) is 17. The summed E-state index contributed by atoms with van der Waals surface area (Å²) in [5.41, 5.74) is 7.23. The molecule has 1 amide bonds. The largest absolute Gasteiger partial charge is 0.400 e. The van der Waals surface area contributed by atoms with Crippen LogP contribution in [-0.4, -0.2) is 194 Å². The number of amides is 1. The van der Waals surface area contributed by atoms with E-state index in [-0.39, 0.29) is 5.91 Å². The van der Waals surface area contributed by atoms with Gasteiger partial charge in [-0.2, -0.15) is 0 Å². The van der Waals surface area contributed by atoms with Gasteiger partial charge in [-0.3, -0.25) is 9.69 Å². The van der Waals surface area contributed by atoms with Crippen molar-refractivity contribution < 1.29 is 57.0 Å². The molecule has 51 heavy (non-hydrogen) atoms. The monoisotopic (exact) mass is 738 g/mol. The SMILES string of the molecule is CC(=O)NCCOCCOCCOCCOCCOCCN(N)/C=C(\N)CN(C)CCOCCOCCOCCOCCOCCNC(C)=C=O. The van der Waals surface area contributed by atoms with Crippen molar-refractivity contribution in [3.05, 3.63) is 17.6 Å². The second-order valence-electron chi connectivity index (χ2n) is 10.9. The minimum atomic E-state index is -0.0686. The van der Waals surface area contributed by atoms with Crippen LogP contribution in [0.5, 0.6) is 0 Å². The third-order valence-corrected chi connectivity index (χ3v) is 6.28. The molecule has 0 heterocycles. The standard InChI is InChI=1S/C33H66N6O12/c1-31(30-40)36-4-8-42-12-16-46-20-24-50-26-22-48-18-14-44-10-6-38(3)28-33(34)29-39(35)7-11-45-15-19-49-23-27-51-25-21-47-17-13-43-9-5-37-32(2)41/h29,36H,4-28,34-35H2,1-3H3,(H,37,41)/b33-29-. The topological polar surface area (TPSA) is 209 Å². The van der Waals surface area contributed by atoms with Crippen molar-refractivity contribution in [2.45, 2.75) is 13.8 Å². The number of nitrogens with two attached hydrogens (primary N) is 2. The third kappa shape index (κ3) is 40.2. The predicted octanol–water partition coefficient (Wildman–Crippen LogP) is -1.48. The highest BCUT2D eigenvalue weighted by molar-refractivity contribution is 5.72. The third-order valence-electron chi connectivity index (χ3n) is 6.28. The molecule has 0 aromatic carbocycles. The molecule has 0 rings (SSSR count). The second-order valence-corrected chi connectivity index (χ2v) is 10.9. The van der Waals surface area contributed by atoms with E-state index in [9.17, 15) is 9.59 Å². The summed E-state index contributed by atoms with van der Waals surface area (Å²) in [6.45, 7) is 15.6. The maximum absolute atomic E-state index is 10.7. The van der Waals surface area contributed by atoms with Gasteiger partial charge in [0.05, 0.1) is 144 Å². The Morgan fingerprint density at radius 2 is 0.902 bits per heavy atom. The minimum absolute atomic E-state index is 0.0686. The molecular formula is C33H66N6O12. The van der Waals surface area contributed by atoms with E-state index in [4.69, 9.17) is 58.9 Å². The Kier molecular flexibility index (Phi) is 37.0. The smallest absolute Gasteiger partial charge is 0.216 e. The van der Waals surface area contributed by atoms with Crippen LogP contribution in [0.15, 0.2) is 17.6 Å². The Labute approximate surface area is 304 Å². The average Bonchev–Trinajstić information content (AvgIpc) is 3.10. The predicted molar refractivity (Wildman–Crippen MR) is 190 cm³/mol. The van der Waals surface area contributed by atoms with Gasteiger partial charge in [0, 0.05) is 45.0 Å². The van der Waals surface area contributed by atoms with Gasteiger partial charge in [0.1, 0.15) is 5.94 Å². The van der Waals surface area contributed by atoms with Crippen LogP contribution in [0.1, 0.15) is 13.8 Å². The summed E-state index contributed by atoms with van der Waals surface area (Å²) < 4.78 is 54.7. The lowest BCUT2D eigenvalue weighted by atomic mass is 10.4. The van der Waals surface area contributed by atoms with Gasteiger partial charge in [0.2, 0.25) is 5.91 Å². The molecular weight excluding hydrogens is 672 g/mol. The van der Waals surface area contributed by atoms with Crippen molar-refractivity contribution in [3.63, 3.8) is 0 Å². The molecule has 300 valence electrons. The van der Waals surface area contributed by atoms with E-state index in [0.717, 1.165) is 0 Å². The van der Waals surface area contributed by atoms with Gasteiger partial charge in [-0.25, -0.2) is 10.6 Å². The summed E-state index contributed by atoms with van der Waals surface area (Å²) >= 11 is 0. The number of carbonyl (C=O) groups excluding carboxylic acids is 2. The van der Waals surface area contributed by atoms with Crippen molar-refractivity contribution in [1.29, 1.82) is 0 Å². The number of nitrogens with zero attached hydrogens (tertiary/aromatic N) is 2. The molecule has 0 aromatic rings. The molecule has 0 unspecified atom stereocenters. The fourth-order valence-corrected chi connectivity index (χ4v) is 3.71. The van der Waals surface area contributed by atoms with Crippen LogP contribution in [0.2, 0.25) is 0 Å². The average molecular weight is 739 g/mol. The Morgan fingerprint density at radius 3 is 1.27 bits per heavy atom. The van der Waals surface area contributed by atoms with Gasteiger partial charge in [-0.05, 0) is 14.0 Å². The highest BCUT2D eigenvalue weighted by Gasteiger charge is 2.03. The summed E-state index contributed by atoms with van der Waals surface area (Å²) in [5, 5.41) is 7.05. The number of hydrazine groups is 1. The summed E-state index contributed by atoms with van der Waals surface area (Å²) in [5.74, 6) is 7.72. The lowest BCUT2D eigenvalue weighted by Crippen LogP contribution is -2.33. The minimum Gasteiger partial charge on any atom is -0.400 e. The van der Waals surface area contributed by atoms with Crippen LogP contribution in [0.4, 0.5) is 0 Å².